The van der Waals surface area contributed by atoms with Crippen molar-refractivity contribution in [3.05, 3.63) is 83.9 Å². The van der Waals surface area contributed by atoms with Gasteiger partial charge in [-0.05, 0) is 72.9 Å². The number of benzene rings is 3. The molecular weight excluding hydrogens is 438 g/mol. The number of hydrogen-bond acceptors (Lipinski definition) is 4. The summed E-state index contributed by atoms with van der Waals surface area (Å²) >= 11 is 0. The zero-order valence-corrected chi connectivity index (χ0v) is 19.3. The number of hydrogen-bond donors (Lipinski definition) is 2. The molecule has 1 heterocycles. The van der Waals surface area contributed by atoms with Crippen molar-refractivity contribution in [2.75, 3.05) is 29.8 Å². The van der Waals surface area contributed by atoms with E-state index in [9.17, 15) is 13.2 Å². The standard InChI is InChI=1S/C25H27N3O4S/c1-32-22-10-12-23(13-11-22)33(30,31)28-17-5-8-20-18-21(9-14-24(20)28)27-25(29)26-16-15-19-6-3-2-4-7-19/h2-4,6-7,9-14,18H,5,8,15-17H2,1H3,(H2,26,27,29). The number of urea groups is 1. The first-order valence-electron chi connectivity index (χ1n) is 10.9. The van der Waals surface area contributed by atoms with E-state index in [-0.39, 0.29) is 10.9 Å². The third kappa shape index (κ3) is 5.28. The van der Waals surface area contributed by atoms with Gasteiger partial charge in [0.15, 0.2) is 0 Å². The molecule has 3 aromatic carbocycles. The summed E-state index contributed by atoms with van der Waals surface area (Å²) in [5.41, 5.74) is 3.33. The minimum Gasteiger partial charge on any atom is -0.497 e. The lowest BCUT2D eigenvalue weighted by Crippen LogP contribution is -2.35. The van der Waals surface area contributed by atoms with Crippen molar-refractivity contribution in [2.24, 2.45) is 0 Å². The van der Waals surface area contributed by atoms with Crippen LogP contribution in [0.1, 0.15) is 17.5 Å². The van der Waals surface area contributed by atoms with Crippen molar-refractivity contribution in [1.29, 1.82) is 0 Å². The van der Waals surface area contributed by atoms with Gasteiger partial charge >= 0.3 is 6.03 Å². The Bertz CT molecular complexity index is 1210. The maximum absolute atomic E-state index is 13.3. The fourth-order valence-electron chi connectivity index (χ4n) is 3.91. The Morgan fingerprint density at radius 2 is 1.79 bits per heavy atom. The number of anilines is 2. The Balaban J connectivity index is 1.43. The number of rotatable bonds is 7. The number of sulfonamides is 1. The van der Waals surface area contributed by atoms with Crippen LogP contribution < -0.4 is 19.7 Å². The lowest BCUT2D eigenvalue weighted by atomic mass is 10.0. The number of carbonyl (C=O) groups excluding carboxylic acids is 1. The number of aryl methyl sites for hydroxylation is 1. The van der Waals surface area contributed by atoms with E-state index < -0.39 is 10.0 Å². The molecule has 1 aliphatic heterocycles. The highest BCUT2D eigenvalue weighted by molar-refractivity contribution is 7.92. The van der Waals surface area contributed by atoms with Gasteiger partial charge in [0, 0.05) is 18.8 Å². The van der Waals surface area contributed by atoms with Crippen LogP contribution in [0.2, 0.25) is 0 Å². The molecule has 0 unspecified atom stereocenters. The number of nitrogens with one attached hydrogen (secondary N) is 2. The summed E-state index contributed by atoms with van der Waals surface area (Å²) in [6.45, 7) is 0.933. The van der Waals surface area contributed by atoms with E-state index in [1.165, 1.54) is 4.31 Å². The van der Waals surface area contributed by atoms with E-state index >= 15 is 0 Å². The molecule has 1 aliphatic rings. The van der Waals surface area contributed by atoms with Gasteiger partial charge in [0.25, 0.3) is 10.0 Å². The molecule has 0 spiro atoms. The summed E-state index contributed by atoms with van der Waals surface area (Å²) < 4.78 is 33.1. The third-order valence-electron chi connectivity index (χ3n) is 5.60. The van der Waals surface area contributed by atoms with Crippen LogP contribution in [-0.4, -0.2) is 34.6 Å². The first-order valence-corrected chi connectivity index (χ1v) is 12.3. The van der Waals surface area contributed by atoms with Crippen LogP contribution in [0.3, 0.4) is 0 Å². The number of ether oxygens (including phenoxy) is 1. The summed E-state index contributed by atoms with van der Waals surface area (Å²) in [5, 5.41) is 5.70. The maximum Gasteiger partial charge on any atom is 0.319 e. The summed E-state index contributed by atoms with van der Waals surface area (Å²) in [7, 11) is -2.16. The lowest BCUT2D eigenvalue weighted by Gasteiger charge is -2.31. The highest BCUT2D eigenvalue weighted by atomic mass is 32.2. The summed E-state index contributed by atoms with van der Waals surface area (Å²) in [5.74, 6) is 0.603. The molecule has 0 saturated heterocycles. The molecular formula is C25H27N3O4S. The predicted molar refractivity (Wildman–Crippen MR) is 129 cm³/mol. The molecule has 0 atom stereocenters. The number of fused-ring (bicyclic) bond motifs is 1. The molecule has 0 bridgehead atoms. The Morgan fingerprint density at radius 1 is 1.03 bits per heavy atom. The highest BCUT2D eigenvalue weighted by Crippen LogP contribution is 2.34. The monoisotopic (exact) mass is 465 g/mol. The molecule has 0 fully saturated rings. The second-order valence-corrected chi connectivity index (χ2v) is 9.68. The van der Waals surface area contributed by atoms with Gasteiger partial charge in [-0.25, -0.2) is 13.2 Å². The van der Waals surface area contributed by atoms with E-state index in [0.29, 0.717) is 36.6 Å². The van der Waals surface area contributed by atoms with Crippen molar-refractivity contribution in [2.45, 2.75) is 24.2 Å². The van der Waals surface area contributed by atoms with Gasteiger partial charge in [-0.15, -0.1) is 0 Å². The first kappa shape index (κ1) is 22.7. The fourth-order valence-corrected chi connectivity index (χ4v) is 5.45. The molecule has 8 heteroatoms. The van der Waals surface area contributed by atoms with E-state index in [4.69, 9.17) is 4.74 Å². The summed E-state index contributed by atoms with van der Waals surface area (Å²) in [6.07, 6.45) is 2.20. The second-order valence-electron chi connectivity index (χ2n) is 7.82. The Labute approximate surface area is 194 Å². The van der Waals surface area contributed by atoms with E-state index in [0.717, 1.165) is 24.0 Å². The molecule has 0 radical (unpaired) electrons. The molecule has 33 heavy (non-hydrogen) atoms. The van der Waals surface area contributed by atoms with Crippen LogP contribution in [0.5, 0.6) is 5.75 Å². The number of amides is 2. The van der Waals surface area contributed by atoms with Crippen LogP contribution in [-0.2, 0) is 22.9 Å². The molecule has 0 aliphatic carbocycles. The lowest BCUT2D eigenvalue weighted by molar-refractivity contribution is 0.252. The van der Waals surface area contributed by atoms with Crippen molar-refractivity contribution in [3.63, 3.8) is 0 Å². The predicted octanol–water partition coefficient (Wildman–Crippen LogP) is 4.20. The first-order chi connectivity index (χ1) is 16.0. The minimum atomic E-state index is -3.70. The van der Waals surface area contributed by atoms with Crippen molar-refractivity contribution in [1.82, 2.24) is 5.32 Å². The van der Waals surface area contributed by atoms with Crippen LogP contribution in [0.25, 0.3) is 0 Å². The Kier molecular flexibility index (Phi) is 6.84. The second kappa shape index (κ2) is 9.95. The number of nitrogens with zero attached hydrogens (tertiary/aromatic N) is 1. The molecule has 172 valence electrons. The Morgan fingerprint density at radius 3 is 2.52 bits per heavy atom. The van der Waals surface area contributed by atoms with Crippen LogP contribution in [0.4, 0.5) is 16.2 Å². The molecule has 2 amide bonds. The molecule has 3 aromatic rings. The average molecular weight is 466 g/mol. The van der Waals surface area contributed by atoms with Gasteiger partial charge in [-0.3, -0.25) is 4.31 Å². The smallest absolute Gasteiger partial charge is 0.319 e. The van der Waals surface area contributed by atoms with Crippen molar-refractivity contribution >= 4 is 27.4 Å². The maximum atomic E-state index is 13.3. The highest BCUT2D eigenvalue weighted by Gasteiger charge is 2.29. The van der Waals surface area contributed by atoms with E-state index in [2.05, 4.69) is 10.6 Å². The summed E-state index contributed by atoms with van der Waals surface area (Å²) in [6, 6.07) is 21.4. The largest absolute Gasteiger partial charge is 0.497 e. The Hall–Kier alpha value is -3.52. The van der Waals surface area contributed by atoms with Crippen molar-refractivity contribution in [3.8, 4) is 5.75 Å². The topological polar surface area (TPSA) is 87.7 Å². The average Bonchev–Trinajstić information content (AvgIpc) is 2.84. The molecule has 2 N–H and O–H groups in total. The van der Waals surface area contributed by atoms with Crippen molar-refractivity contribution < 1.29 is 17.9 Å². The van der Waals surface area contributed by atoms with Gasteiger partial charge in [-0.1, -0.05) is 30.3 Å². The van der Waals surface area contributed by atoms with Crippen LogP contribution >= 0.6 is 0 Å². The van der Waals surface area contributed by atoms with Gasteiger partial charge in [0.05, 0.1) is 17.7 Å². The molecule has 4 rings (SSSR count). The fraction of sp³-hybridized carbons (Fsp3) is 0.240. The molecule has 7 nitrogen and oxygen atoms in total. The van der Waals surface area contributed by atoms with Gasteiger partial charge < -0.3 is 15.4 Å². The van der Waals surface area contributed by atoms with Gasteiger partial charge in [-0.2, -0.15) is 0 Å². The van der Waals surface area contributed by atoms with Gasteiger partial charge in [0.1, 0.15) is 5.75 Å². The number of carbonyl (C=O) groups is 1. The quantitative estimate of drug-likeness (QED) is 0.547. The van der Waals surface area contributed by atoms with E-state index in [1.54, 1.807) is 43.5 Å². The SMILES string of the molecule is COc1ccc(S(=O)(=O)N2CCCc3cc(NC(=O)NCCc4ccccc4)ccc32)cc1. The molecule has 0 saturated carbocycles. The number of methoxy groups -OCH3 is 1. The summed E-state index contributed by atoms with van der Waals surface area (Å²) in [4.78, 5) is 12.5. The van der Waals surface area contributed by atoms with Crippen LogP contribution in [0.15, 0.2) is 77.7 Å². The van der Waals surface area contributed by atoms with E-state index in [1.807, 2.05) is 36.4 Å². The zero-order valence-electron chi connectivity index (χ0n) is 18.5. The third-order valence-corrected chi connectivity index (χ3v) is 7.43. The molecule has 0 aromatic heterocycles. The van der Waals surface area contributed by atoms with Gasteiger partial charge in [0.2, 0.25) is 0 Å². The van der Waals surface area contributed by atoms with Crippen LogP contribution in [0, 0.1) is 0 Å². The zero-order chi connectivity index (χ0) is 23.3. The normalized spacial score (nSPS) is 13.2. The minimum absolute atomic E-state index is 0.219.